The third-order valence-corrected chi connectivity index (χ3v) is 6.21. The predicted octanol–water partition coefficient (Wildman–Crippen LogP) is 4.56. The maximum absolute atomic E-state index is 13.1. The lowest BCUT2D eigenvalue weighted by atomic mass is 9.95. The van der Waals surface area contributed by atoms with Crippen LogP contribution in [-0.4, -0.2) is 66.9 Å². The average molecular weight is 470 g/mol. The van der Waals surface area contributed by atoms with Gasteiger partial charge in [0.05, 0.1) is 11.6 Å². The topological polar surface area (TPSA) is 64.1 Å². The number of rotatable bonds is 9. The molecule has 3 rings (SSSR count). The highest BCUT2D eigenvalue weighted by atomic mass is 35.5. The number of halogens is 1. The van der Waals surface area contributed by atoms with Crippen LogP contribution < -0.4 is 4.90 Å². The molecule has 0 saturated carbocycles. The average Bonchev–Trinajstić information content (AvgIpc) is 3.04. The van der Waals surface area contributed by atoms with E-state index in [1.54, 1.807) is 29.2 Å². The van der Waals surface area contributed by atoms with Crippen molar-refractivity contribution in [2.75, 3.05) is 45.2 Å². The molecule has 1 fully saturated rings. The Bertz CT molecular complexity index is 1030. The number of carbonyl (C=O) groups excluding carboxylic acids is 2. The lowest BCUT2D eigenvalue weighted by Crippen LogP contribution is -2.32. The number of ketones is 1. The fourth-order valence-corrected chi connectivity index (χ4v) is 4.45. The van der Waals surface area contributed by atoms with Gasteiger partial charge in [-0.15, -0.1) is 0 Å². The molecule has 1 N–H and O–H groups in total. The van der Waals surface area contributed by atoms with E-state index in [4.69, 9.17) is 11.6 Å². The van der Waals surface area contributed by atoms with Crippen LogP contribution >= 0.6 is 11.6 Å². The normalized spacial score (nSPS) is 17.8. The van der Waals surface area contributed by atoms with E-state index in [1.165, 1.54) is 0 Å². The number of nitrogens with zero attached hydrogens (tertiary/aromatic N) is 3. The zero-order valence-electron chi connectivity index (χ0n) is 19.7. The summed E-state index contributed by atoms with van der Waals surface area (Å²) in [5.74, 6) is -1.46. The van der Waals surface area contributed by atoms with E-state index < -0.39 is 17.7 Å². The first kappa shape index (κ1) is 24.8. The fraction of sp³-hybridized carbons (Fsp3) is 0.385. The standard InChI is InChI=1S/C26H32ClN3O3/c1-5-29(6-2)21-13-11-18(12-14-21)23-22(24(31)19-9-7-10-20(27)17-19)25(32)26(33)30(23)16-8-15-28(3)4/h7,9-14,17,23,31H,5-6,8,15-16H2,1-4H3/b24-22-. The van der Waals surface area contributed by atoms with Gasteiger partial charge in [0.25, 0.3) is 11.7 Å². The Kier molecular flexibility index (Phi) is 8.16. The van der Waals surface area contributed by atoms with Crippen molar-refractivity contribution in [3.63, 3.8) is 0 Å². The first-order valence-corrected chi connectivity index (χ1v) is 11.7. The van der Waals surface area contributed by atoms with Crippen molar-refractivity contribution < 1.29 is 14.7 Å². The van der Waals surface area contributed by atoms with E-state index in [-0.39, 0.29) is 11.3 Å². The number of Topliss-reactive ketones (excluding diaryl/α,β-unsaturated/α-hetero) is 1. The van der Waals surface area contributed by atoms with Gasteiger partial charge in [0.15, 0.2) is 0 Å². The van der Waals surface area contributed by atoms with E-state index in [2.05, 4.69) is 18.7 Å². The summed E-state index contributed by atoms with van der Waals surface area (Å²) in [4.78, 5) is 32.0. The summed E-state index contributed by atoms with van der Waals surface area (Å²) in [6, 6.07) is 13.9. The van der Waals surface area contributed by atoms with Crippen molar-refractivity contribution in [3.8, 4) is 0 Å². The predicted molar refractivity (Wildman–Crippen MR) is 134 cm³/mol. The lowest BCUT2D eigenvalue weighted by Gasteiger charge is -2.27. The van der Waals surface area contributed by atoms with Crippen molar-refractivity contribution in [2.45, 2.75) is 26.3 Å². The molecule has 0 bridgehead atoms. The second-order valence-electron chi connectivity index (χ2n) is 8.42. The molecule has 2 aromatic rings. The second kappa shape index (κ2) is 10.9. The molecule has 7 heteroatoms. The highest BCUT2D eigenvalue weighted by Gasteiger charge is 2.45. The van der Waals surface area contributed by atoms with Crippen LogP contribution in [0.15, 0.2) is 54.1 Å². The molecule has 0 aliphatic carbocycles. The van der Waals surface area contributed by atoms with E-state index in [0.717, 1.165) is 30.9 Å². The van der Waals surface area contributed by atoms with E-state index in [9.17, 15) is 14.7 Å². The fourth-order valence-electron chi connectivity index (χ4n) is 4.26. The molecule has 176 valence electrons. The summed E-state index contributed by atoms with van der Waals surface area (Å²) in [7, 11) is 3.94. The molecule has 33 heavy (non-hydrogen) atoms. The number of hydrogen-bond donors (Lipinski definition) is 1. The number of likely N-dealkylation sites (tertiary alicyclic amines) is 1. The molecule has 0 aromatic heterocycles. The van der Waals surface area contributed by atoms with Crippen LogP contribution in [0.3, 0.4) is 0 Å². The van der Waals surface area contributed by atoms with Crippen LogP contribution in [0.1, 0.15) is 37.4 Å². The van der Waals surface area contributed by atoms with E-state index in [0.29, 0.717) is 23.6 Å². The number of aliphatic hydroxyl groups excluding tert-OH is 1. The summed E-state index contributed by atoms with van der Waals surface area (Å²) in [5, 5.41) is 11.6. The van der Waals surface area contributed by atoms with Gasteiger partial charge >= 0.3 is 0 Å². The molecule has 1 atom stereocenters. The van der Waals surface area contributed by atoms with Crippen LogP contribution in [0.5, 0.6) is 0 Å². The van der Waals surface area contributed by atoms with Gasteiger partial charge in [-0.2, -0.15) is 0 Å². The summed E-state index contributed by atoms with van der Waals surface area (Å²) in [5.41, 5.74) is 2.38. The Hall–Kier alpha value is -2.83. The van der Waals surface area contributed by atoms with Gasteiger partial charge in [0.2, 0.25) is 0 Å². The minimum atomic E-state index is -0.671. The number of anilines is 1. The molecular weight excluding hydrogens is 438 g/mol. The van der Waals surface area contributed by atoms with Gasteiger partial charge in [0.1, 0.15) is 5.76 Å². The second-order valence-corrected chi connectivity index (χ2v) is 8.86. The largest absolute Gasteiger partial charge is 0.507 e. The van der Waals surface area contributed by atoms with Gasteiger partial charge in [-0.3, -0.25) is 9.59 Å². The molecule has 1 unspecified atom stereocenters. The smallest absolute Gasteiger partial charge is 0.295 e. The zero-order valence-corrected chi connectivity index (χ0v) is 20.5. The molecule has 2 aromatic carbocycles. The maximum Gasteiger partial charge on any atom is 0.295 e. The molecule has 6 nitrogen and oxygen atoms in total. The zero-order chi connectivity index (χ0) is 24.1. The van der Waals surface area contributed by atoms with Gasteiger partial charge in [-0.25, -0.2) is 0 Å². The quantitative estimate of drug-likeness (QED) is 0.331. The molecule has 1 heterocycles. The Morgan fingerprint density at radius 3 is 2.30 bits per heavy atom. The van der Waals surface area contributed by atoms with Gasteiger partial charge < -0.3 is 19.8 Å². The van der Waals surface area contributed by atoms with Crippen LogP contribution in [0.2, 0.25) is 5.02 Å². The first-order valence-electron chi connectivity index (χ1n) is 11.3. The van der Waals surface area contributed by atoms with Crippen LogP contribution in [0, 0.1) is 0 Å². The molecular formula is C26H32ClN3O3. The van der Waals surface area contributed by atoms with Gasteiger partial charge in [0, 0.05) is 35.9 Å². The number of amides is 1. The summed E-state index contributed by atoms with van der Waals surface area (Å²) in [6.07, 6.45) is 0.714. The first-order chi connectivity index (χ1) is 15.8. The van der Waals surface area contributed by atoms with E-state index in [1.807, 2.05) is 43.3 Å². The van der Waals surface area contributed by atoms with Gasteiger partial charge in [-0.1, -0.05) is 35.9 Å². The minimum absolute atomic E-state index is 0.0997. The van der Waals surface area contributed by atoms with Gasteiger partial charge in [-0.05, 0) is 70.7 Å². The molecule has 1 saturated heterocycles. The summed E-state index contributed by atoms with van der Waals surface area (Å²) < 4.78 is 0. The Morgan fingerprint density at radius 2 is 1.73 bits per heavy atom. The number of benzene rings is 2. The van der Waals surface area contributed by atoms with Crippen molar-refractivity contribution in [1.82, 2.24) is 9.80 Å². The highest BCUT2D eigenvalue weighted by molar-refractivity contribution is 6.46. The highest BCUT2D eigenvalue weighted by Crippen LogP contribution is 2.40. The van der Waals surface area contributed by atoms with Crippen LogP contribution in [0.25, 0.3) is 5.76 Å². The van der Waals surface area contributed by atoms with Crippen molar-refractivity contribution >= 4 is 34.7 Å². The summed E-state index contributed by atoms with van der Waals surface area (Å²) in [6.45, 7) is 7.16. The van der Waals surface area contributed by atoms with Crippen molar-refractivity contribution in [3.05, 3.63) is 70.3 Å². The Labute approximate surface area is 201 Å². The third kappa shape index (κ3) is 5.40. The minimum Gasteiger partial charge on any atom is -0.507 e. The maximum atomic E-state index is 13.1. The van der Waals surface area contributed by atoms with E-state index >= 15 is 0 Å². The number of carbonyl (C=O) groups is 2. The Balaban J connectivity index is 2.08. The third-order valence-electron chi connectivity index (χ3n) is 5.98. The monoisotopic (exact) mass is 469 g/mol. The number of hydrogen-bond acceptors (Lipinski definition) is 5. The summed E-state index contributed by atoms with van der Waals surface area (Å²) >= 11 is 6.11. The Morgan fingerprint density at radius 1 is 1.06 bits per heavy atom. The van der Waals surface area contributed by atoms with Crippen LogP contribution in [-0.2, 0) is 9.59 Å². The molecule has 0 radical (unpaired) electrons. The van der Waals surface area contributed by atoms with Crippen molar-refractivity contribution in [2.24, 2.45) is 0 Å². The molecule has 1 amide bonds. The number of aliphatic hydroxyl groups is 1. The molecule has 1 aliphatic heterocycles. The SMILES string of the molecule is CCN(CC)c1ccc(C2/C(=C(/O)c3cccc(Cl)c3)C(=O)C(=O)N2CCCN(C)C)cc1. The molecule has 1 aliphatic rings. The molecule has 0 spiro atoms. The lowest BCUT2D eigenvalue weighted by molar-refractivity contribution is -0.139. The van der Waals surface area contributed by atoms with Crippen molar-refractivity contribution in [1.29, 1.82) is 0 Å². The van der Waals surface area contributed by atoms with Crippen LogP contribution in [0.4, 0.5) is 5.69 Å².